The number of esters is 1. The highest BCUT2D eigenvalue weighted by molar-refractivity contribution is 8.00. The van der Waals surface area contributed by atoms with Crippen LogP contribution >= 0.6 is 11.8 Å². The molecule has 1 aromatic carbocycles. The summed E-state index contributed by atoms with van der Waals surface area (Å²) < 4.78 is 10.0. The molecule has 1 fully saturated rings. The number of nitrogens with one attached hydrogen (secondary N) is 1. The number of aromatic amines is 1. The summed E-state index contributed by atoms with van der Waals surface area (Å²) in [4.78, 5) is 15.8. The smallest absolute Gasteiger partial charge is 0.319 e. The van der Waals surface area contributed by atoms with Crippen molar-refractivity contribution in [1.82, 2.24) is 15.2 Å². The van der Waals surface area contributed by atoms with E-state index in [4.69, 9.17) is 9.47 Å². The summed E-state index contributed by atoms with van der Waals surface area (Å²) in [7, 11) is 1.62. The molecule has 6 nitrogen and oxygen atoms in total. The Bertz CT molecular complexity index is 612. The number of H-pyrrole nitrogens is 1. The molecule has 20 heavy (non-hydrogen) atoms. The molecule has 104 valence electrons. The van der Waals surface area contributed by atoms with Gasteiger partial charge in [-0.2, -0.15) is 0 Å². The van der Waals surface area contributed by atoms with Crippen LogP contribution in [0.5, 0.6) is 5.75 Å². The van der Waals surface area contributed by atoms with Crippen LogP contribution in [-0.4, -0.2) is 40.1 Å². The Balaban J connectivity index is 1.73. The van der Waals surface area contributed by atoms with Gasteiger partial charge in [0.2, 0.25) is 5.16 Å². The van der Waals surface area contributed by atoms with Crippen LogP contribution in [0.25, 0.3) is 11.4 Å². The molecule has 7 heteroatoms. The number of aromatic nitrogens is 3. The van der Waals surface area contributed by atoms with Gasteiger partial charge in [0.25, 0.3) is 0 Å². The number of carbonyl (C=O) groups excluding carboxylic acids is 1. The molecule has 0 saturated carbocycles. The van der Waals surface area contributed by atoms with Crippen molar-refractivity contribution in [3.05, 3.63) is 24.3 Å². The van der Waals surface area contributed by atoms with Gasteiger partial charge in [0.1, 0.15) is 11.0 Å². The van der Waals surface area contributed by atoms with Crippen LogP contribution in [-0.2, 0) is 9.53 Å². The lowest BCUT2D eigenvalue weighted by atomic mass is 10.2. The molecule has 1 N–H and O–H groups in total. The summed E-state index contributed by atoms with van der Waals surface area (Å²) in [6.07, 6.45) is 0.704. The first-order chi connectivity index (χ1) is 9.76. The first-order valence-electron chi connectivity index (χ1n) is 6.16. The monoisotopic (exact) mass is 291 g/mol. The van der Waals surface area contributed by atoms with Crippen molar-refractivity contribution in [2.45, 2.75) is 16.8 Å². The molecular weight excluding hydrogens is 278 g/mol. The van der Waals surface area contributed by atoms with Gasteiger partial charge < -0.3 is 9.47 Å². The Morgan fingerprint density at radius 1 is 1.40 bits per heavy atom. The van der Waals surface area contributed by atoms with Crippen molar-refractivity contribution < 1.29 is 14.3 Å². The van der Waals surface area contributed by atoms with Gasteiger partial charge >= 0.3 is 5.97 Å². The molecule has 3 rings (SSSR count). The SMILES string of the molecule is COc1ccc(-c2nc(S[C@@H]3CCOC3=O)n[nH]2)cc1. The number of hydrogen-bond acceptors (Lipinski definition) is 6. The fraction of sp³-hybridized carbons (Fsp3) is 0.308. The van der Waals surface area contributed by atoms with Crippen LogP contribution < -0.4 is 4.74 Å². The van der Waals surface area contributed by atoms with Gasteiger partial charge in [-0.25, -0.2) is 4.98 Å². The zero-order chi connectivity index (χ0) is 13.9. The van der Waals surface area contributed by atoms with Crippen molar-refractivity contribution in [3.63, 3.8) is 0 Å². The second-order valence-electron chi connectivity index (χ2n) is 4.26. The van der Waals surface area contributed by atoms with E-state index in [-0.39, 0.29) is 11.2 Å². The lowest BCUT2D eigenvalue weighted by molar-refractivity contribution is -0.137. The van der Waals surface area contributed by atoms with Crippen LogP contribution in [0.4, 0.5) is 0 Å². The average Bonchev–Trinajstić information content (AvgIpc) is 3.10. The van der Waals surface area contributed by atoms with Crippen LogP contribution in [0.3, 0.4) is 0 Å². The van der Waals surface area contributed by atoms with Crippen LogP contribution in [0.15, 0.2) is 29.4 Å². The summed E-state index contributed by atoms with van der Waals surface area (Å²) in [5, 5.41) is 7.35. The van der Waals surface area contributed by atoms with Crippen molar-refractivity contribution in [2.75, 3.05) is 13.7 Å². The van der Waals surface area contributed by atoms with E-state index >= 15 is 0 Å². The maximum absolute atomic E-state index is 11.4. The van der Waals surface area contributed by atoms with E-state index in [0.717, 1.165) is 11.3 Å². The number of benzene rings is 1. The summed E-state index contributed by atoms with van der Waals surface area (Å²) in [5.74, 6) is 1.27. The standard InChI is InChI=1S/C13H13N3O3S/c1-18-9-4-2-8(3-5-9)11-14-13(16-15-11)20-10-6-7-19-12(10)17/h2-5,10H,6-7H2,1H3,(H,14,15,16)/t10-/m1/s1. The molecule has 1 aliphatic heterocycles. The number of cyclic esters (lactones) is 1. The van der Waals surface area contributed by atoms with E-state index in [1.165, 1.54) is 11.8 Å². The van der Waals surface area contributed by atoms with Gasteiger partial charge in [0.05, 0.1) is 13.7 Å². The van der Waals surface area contributed by atoms with Crippen LogP contribution in [0.1, 0.15) is 6.42 Å². The van der Waals surface area contributed by atoms with Crippen molar-refractivity contribution >= 4 is 17.7 Å². The van der Waals surface area contributed by atoms with Gasteiger partial charge in [-0.3, -0.25) is 9.89 Å². The predicted molar refractivity (Wildman–Crippen MR) is 73.6 cm³/mol. The highest BCUT2D eigenvalue weighted by atomic mass is 32.2. The third-order valence-corrected chi connectivity index (χ3v) is 4.07. The molecule has 1 saturated heterocycles. The molecule has 1 aliphatic rings. The Kier molecular flexibility index (Phi) is 3.60. The number of hydrogen-bond donors (Lipinski definition) is 1. The molecule has 0 unspecified atom stereocenters. The molecule has 2 aromatic rings. The number of methoxy groups -OCH3 is 1. The fourth-order valence-corrected chi connectivity index (χ4v) is 2.76. The van der Waals surface area contributed by atoms with Gasteiger partial charge in [-0.15, -0.1) is 5.10 Å². The normalized spacial score (nSPS) is 18.1. The molecule has 0 bridgehead atoms. The topological polar surface area (TPSA) is 77.1 Å². The summed E-state index contributed by atoms with van der Waals surface area (Å²) >= 11 is 1.33. The van der Waals surface area contributed by atoms with Gasteiger partial charge in [0, 0.05) is 12.0 Å². The van der Waals surface area contributed by atoms with Gasteiger partial charge in [-0.05, 0) is 24.3 Å². The minimum Gasteiger partial charge on any atom is -0.497 e. The average molecular weight is 291 g/mol. The van der Waals surface area contributed by atoms with Crippen LogP contribution in [0, 0.1) is 0 Å². The highest BCUT2D eigenvalue weighted by Gasteiger charge is 2.28. The van der Waals surface area contributed by atoms with E-state index in [2.05, 4.69) is 15.2 Å². The minimum absolute atomic E-state index is 0.189. The van der Waals surface area contributed by atoms with E-state index < -0.39 is 0 Å². The van der Waals surface area contributed by atoms with E-state index in [1.807, 2.05) is 24.3 Å². The Morgan fingerprint density at radius 3 is 2.85 bits per heavy atom. The third kappa shape index (κ3) is 2.62. The molecule has 1 atom stereocenters. The largest absolute Gasteiger partial charge is 0.497 e. The number of rotatable bonds is 4. The van der Waals surface area contributed by atoms with Gasteiger partial charge in [-0.1, -0.05) is 11.8 Å². The molecule has 2 heterocycles. The van der Waals surface area contributed by atoms with E-state index in [1.54, 1.807) is 7.11 Å². The predicted octanol–water partition coefficient (Wildman–Crippen LogP) is 1.89. The number of nitrogens with zero attached hydrogens (tertiary/aromatic N) is 2. The van der Waals surface area contributed by atoms with E-state index in [0.29, 0.717) is 24.0 Å². The number of ether oxygens (including phenoxy) is 2. The van der Waals surface area contributed by atoms with Crippen molar-refractivity contribution in [3.8, 4) is 17.1 Å². The summed E-state index contributed by atoms with van der Waals surface area (Å²) in [5.41, 5.74) is 0.916. The molecule has 1 aromatic heterocycles. The number of thioether (sulfide) groups is 1. The lowest BCUT2D eigenvalue weighted by Gasteiger charge is -2.00. The second-order valence-corrected chi connectivity index (χ2v) is 5.43. The maximum atomic E-state index is 11.4. The lowest BCUT2D eigenvalue weighted by Crippen LogP contribution is -2.09. The molecule has 0 amide bonds. The molecular formula is C13H13N3O3S. The second kappa shape index (κ2) is 5.54. The zero-order valence-corrected chi connectivity index (χ0v) is 11.6. The summed E-state index contributed by atoms with van der Waals surface area (Å²) in [6, 6.07) is 7.52. The zero-order valence-electron chi connectivity index (χ0n) is 10.8. The Labute approximate surface area is 119 Å². The first kappa shape index (κ1) is 13.0. The molecule has 0 aliphatic carbocycles. The molecule has 0 spiro atoms. The minimum atomic E-state index is -0.200. The van der Waals surface area contributed by atoms with Crippen molar-refractivity contribution in [2.24, 2.45) is 0 Å². The van der Waals surface area contributed by atoms with Crippen LogP contribution in [0.2, 0.25) is 0 Å². The number of carbonyl (C=O) groups is 1. The highest BCUT2D eigenvalue weighted by Crippen LogP contribution is 2.28. The Hall–Kier alpha value is -2.02. The van der Waals surface area contributed by atoms with Crippen molar-refractivity contribution in [1.29, 1.82) is 0 Å². The third-order valence-electron chi connectivity index (χ3n) is 2.96. The van der Waals surface area contributed by atoms with E-state index in [9.17, 15) is 4.79 Å². The molecule has 0 radical (unpaired) electrons. The Morgan fingerprint density at radius 2 is 2.20 bits per heavy atom. The first-order valence-corrected chi connectivity index (χ1v) is 7.04. The quantitative estimate of drug-likeness (QED) is 0.867. The maximum Gasteiger partial charge on any atom is 0.319 e. The summed E-state index contributed by atoms with van der Waals surface area (Å²) in [6.45, 7) is 0.478. The fourth-order valence-electron chi connectivity index (χ4n) is 1.89. The van der Waals surface area contributed by atoms with Gasteiger partial charge in [0.15, 0.2) is 5.82 Å².